The molecule has 3 nitrogen and oxygen atoms in total. The zero-order chi connectivity index (χ0) is 12.2. The second-order valence-electron chi connectivity index (χ2n) is 5.57. The fourth-order valence-electron chi connectivity index (χ4n) is 2.11. The number of nitrogens with one attached hydrogen (secondary N) is 1. The first-order chi connectivity index (χ1) is 7.52. The van der Waals surface area contributed by atoms with Crippen molar-refractivity contribution in [1.82, 2.24) is 5.32 Å². The van der Waals surface area contributed by atoms with Crippen molar-refractivity contribution in [2.24, 2.45) is 23.0 Å². The highest BCUT2D eigenvalue weighted by atomic mass is 16.1. The molecule has 1 unspecified atom stereocenters. The fraction of sp³-hybridized carbons (Fsp3) is 0.923. The Bertz CT molecular complexity index is 234. The average molecular weight is 226 g/mol. The summed E-state index contributed by atoms with van der Waals surface area (Å²) in [6, 6.07) is 0. The summed E-state index contributed by atoms with van der Waals surface area (Å²) in [5.74, 6) is 0.971. The zero-order valence-electron chi connectivity index (χ0n) is 10.9. The average Bonchev–Trinajstić information content (AvgIpc) is 3.03. The van der Waals surface area contributed by atoms with Crippen molar-refractivity contribution in [2.75, 3.05) is 13.1 Å². The summed E-state index contributed by atoms with van der Waals surface area (Å²) in [6.07, 6.45) is 4.37. The van der Waals surface area contributed by atoms with Gasteiger partial charge in [0.15, 0.2) is 0 Å². The van der Waals surface area contributed by atoms with Gasteiger partial charge in [-0.15, -0.1) is 0 Å². The Kier molecular flexibility index (Phi) is 4.78. The number of carbonyl (C=O) groups is 1. The van der Waals surface area contributed by atoms with Gasteiger partial charge in [-0.2, -0.15) is 0 Å². The van der Waals surface area contributed by atoms with E-state index in [0.717, 1.165) is 19.4 Å². The lowest BCUT2D eigenvalue weighted by molar-refractivity contribution is -0.125. The monoisotopic (exact) mass is 226 g/mol. The lowest BCUT2D eigenvalue weighted by atomic mass is 9.92. The minimum absolute atomic E-state index is 0.103. The van der Waals surface area contributed by atoms with Crippen LogP contribution in [0.25, 0.3) is 0 Å². The maximum Gasteiger partial charge on any atom is 0.222 e. The molecule has 0 radical (unpaired) electrons. The Morgan fingerprint density at radius 2 is 2.00 bits per heavy atom. The van der Waals surface area contributed by atoms with E-state index in [1.807, 2.05) is 6.92 Å². The standard InChI is InChI=1S/C13H26N2O/c1-10(2)13(6-7-13)9-15-12(16)11(3)5-4-8-14/h10-11H,4-9,14H2,1-3H3,(H,15,16). The maximum absolute atomic E-state index is 11.8. The molecule has 3 heteroatoms. The van der Waals surface area contributed by atoms with Crippen molar-refractivity contribution >= 4 is 5.91 Å². The fourth-order valence-corrected chi connectivity index (χ4v) is 2.11. The van der Waals surface area contributed by atoms with Gasteiger partial charge < -0.3 is 11.1 Å². The minimum Gasteiger partial charge on any atom is -0.355 e. The first-order valence-electron chi connectivity index (χ1n) is 6.49. The predicted molar refractivity (Wildman–Crippen MR) is 67.0 cm³/mol. The smallest absolute Gasteiger partial charge is 0.222 e. The summed E-state index contributed by atoms with van der Waals surface area (Å²) in [5, 5.41) is 3.10. The van der Waals surface area contributed by atoms with E-state index in [-0.39, 0.29) is 11.8 Å². The van der Waals surface area contributed by atoms with Gasteiger partial charge in [0.2, 0.25) is 5.91 Å². The van der Waals surface area contributed by atoms with E-state index in [4.69, 9.17) is 5.73 Å². The van der Waals surface area contributed by atoms with Crippen molar-refractivity contribution in [3.63, 3.8) is 0 Å². The van der Waals surface area contributed by atoms with Crippen molar-refractivity contribution in [2.45, 2.75) is 46.5 Å². The van der Waals surface area contributed by atoms with Gasteiger partial charge in [0.1, 0.15) is 0 Å². The van der Waals surface area contributed by atoms with Crippen LogP contribution < -0.4 is 11.1 Å². The van der Waals surface area contributed by atoms with E-state index in [1.54, 1.807) is 0 Å². The largest absolute Gasteiger partial charge is 0.355 e. The highest BCUT2D eigenvalue weighted by Crippen LogP contribution is 2.51. The van der Waals surface area contributed by atoms with Crippen molar-refractivity contribution in [3.05, 3.63) is 0 Å². The van der Waals surface area contributed by atoms with E-state index in [0.29, 0.717) is 17.9 Å². The topological polar surface area (TPSA) is 55.1 Å². The Morgan fingerprint density at radius 3 is 2.44 bits per heavy atom. The lowest BCUT2D eigenvalue weighted by Gasteiger charge is -2.21. The molecule has 1 amide bonds. The van der Waals surface area contributed by atoms with E-state index in [2.05, 4.69) is 19.2 Å². The van der Waals surface area contributed by atoms with Gasteiger partial charge in [-0.3, -0.25) is 4.79 Å². The molecule has 1 rings (SSSR count). The van der Waals surface area contributed by atoms with Crippen LogP contribution in [-0.4, -0.2) is 19.0 Å². The molecule has 0 bridgehead atoms. The molecule has 0 aromatic carbocycles. The molecule has 1 aliphatic rings. The normalized spacial score (nSPS) is 19.6. The van der Waals surface area contributed by atoms with Crippen LogP contribution in [0.4, 0.5) is 0 Å². The van der Waals surface area contributed by atoms with Gasteiger partial charge in [-0.05, 0) is 43.6 Å². The van der Waals surface area contributed by atoms with Gasteiger partial charge in [-0.1, -0.05) is 20.8 Å². The molecule has 1 atom stereocenters. The third kappa shape index (κ3) is 3.48. The van der Waals surface area contributed by atoms with E-state index in [9.17, 15) is 4.79 Å². The Labute approximate surface area is 99.2 Å². The molecule has 0 aromatic heterocycles. The number of hydrogen-bond acceptors (Lipinski definition) is 2. The third-order valence-corrected chi connectivity index (χ3v) is 4.02. The van der Waals surface area contributed by atoms with Gasteiger partial charge in [0, 0.05) is 12.5 Å². The Balaban J connectivity index is 2.24. The summed E-state index contributed by atoms with van der Waals surface area (Å²) < 4.78 is 0. The molecular formula is C13H26N2O. The molecule has 0 aromatic rings. The minimum atomic E-state index is 0.103. The summed E-state index contributed by atoms with van der Waals surface area (Å²) in [6.45, 7) is 8.01. The van der Waals surface area contributed by atoms with Gasteiger partial charge in [-0.25, -0.2) is 0 Å². The number of hydrogen-bond donors (Lipinski definition) is 2. The number of amides is 1. The summed E-state index contributed by atoms with van der Waals surface area (Å²) in [4.78, 5) is 11.8. The second-order valence-corrected chi connectivity index (χ2v) is 5.57. The molecule has 0 spiro atoms. The van der Waals surface area contributed by atoms with Gasteiger partial charge in [0.05, 0.1) is 0 Å². The van der Waals surface area contributed by atoms with E-state index in [1.165, 1.54) is 12.8 Å². The molecule has 1 saturated carbocycles. The highest BCUT2D eigenvalue weighted by Gasteiger charge is 2.45. The Hall–Kier alpha value is -0.570. The molecule has 0 saturated heterocycles. The predicted octanol–water partition coefficient (Wildman–Crippen LogP) is 1.91. The molecule has 94 valence electrons. The first kappa shape index (κ1) is 13.5. The molecule has 0 heterocycles. The van der Waals surface area contributed by atoms with Crippen molar-refractivity contribution in [1.29, 1.82) is 0 Å². The van der Waals surface area contributed by atoms with E-state index >= 15 is 0 Å². The van der Waals surface area contributed by atoms with E-state index < -0.39 is 0 Å². The SMILES string of the molecule is CC(CCCN)C(=O)NCC1(C(C)C)CC1. The van der Waals surface area contributed by atoms with Crippen LogP contribution in [0.5, 0.6) is 0 Å². The Morgan fingerprint density at radius 1 is 1.38 bits per heavy atom. The molecule has 1 fully saturated rings. The molecular weight excluding hydrogens is 200 g/mol. The van der Waals surface area contributed by atoms with Crippen LogP contribution in [0.1, 0.15) is 46.5 Å². The lowest BCUT2D eigenvalue weighted by Crippen LogP contribution is -2.36. The van der Waals surface area contributed by atoms with Crippen LogP contribution >= 0.6 is 0 Å². The summed E-state index contributed by atoms with van der Waals surface area (Å²) >= 11 is 0. The second kappa shape index (κ2) is 5.67. The maximum atomic E-state index is 11.8. The van der Waals surface area contributed by atoms with Gasteiger partial charge in [0.25, 0.3) is 0 Å². The number of carbonyl (C=O) groups excluding carboxylic acids is 1. The molecule has 1 aliphatic carbocycles. The van der Waals surface area contributed by atoms with Crippen LogP contribution in [-0.2, 0) is 4.79 Å². The zero-order valence-corrected chi connectivity index (χ0v) is 10.9. The van der Waals surface area contributed by atoms with Gasteiger partial charge >= 0.3 is 0 Å². The van der Waals surface area contributed by atoms with Crippen molar-refractivity contribution < 1.29 is 4.79 Å². The molecule has 16 heavy (non-hydrogen) atoms. The van der Waals surface area contributed by atoms with Crippen LogP contribution in [0.3, 0.4) is 0 Å². The quantitative estimate of drug-likeness (QED) is 0.697. The number of nitrogens with two attached hydrogens (primary N) is 1. The van der Waals surface area contributed by atoms with Crippen LogP contribution in [0.15, 0.2) is 0 Å². The van der Waals surface area contributed by atoms with Crippen LogP contribution in [0, 0.1) is 17.3 Å². The molecule has 3 N–H and O–H groups in total. The van der Waals surface area contributed by atoms with Crippen molar-refractivity contribution in [3.8, 4) is 0 Å². The highest BCUT2D eigenvalue weighted by molar-refractivity contribution is 5.78. The first-order valence-corrected chi connectivity index (χ1v) is 6.49. The number of rotatable bonds is 7. The summed E-state index contributed by atoms with van der Waals surface area (Å²) in [7, 11) is 0. The van der Waals surface area contributed by atoms with Crippen LogP contribution in [0.2, 0.25) is 0 Å². The third-order valence-electron chi connectivity index (χ3n) is 4.02. The summed E-state index contributed by atoms with van der Waals surface area (Å²) in [5.41, 5.74) is 5.84. The molecule has 0 aliphatic heterocycles.